The molecule has 2 atom stereocenters. The van der Waals surface area contributed by atoms with Gasteiger partial charge in [-0.05, 0) is 33.5 Å². The van der Waals surface area contributed by atoms with Crippen molar-refractivity contribution in [2.45, 2.75) is 12.8 Å². The van der Waals surface area contributed by atoms with Crippen LogP contribution in [0.1, 0.15) is 12.8 Å². The summed E-state index contributed by atoms with van der Waals surface area (Å²) in [6, 6.07) is 0. The monoisotopic (exact) mass is 214 g/mol. The van der Waals surface area contributed by atoms with E-state index in [1.54, 1.807) is 0 Å². The SMILES string of the molecule is CN(C)CCCNC(=O)[C@@H]1C[C@@H]1C(=O)O. The molecule has 0 unspecified atom stereocenters. The summed E-state index contributed by atoms with van der Waals surface area (Å²) in [6.45, 7) is 1.55. The number of amides is 1. The maximum Gasteiger partial charge on any atom is 0.307 e. The first kappa shape index (κ1) is 12.0. The van der Waals surface area contributed by atoms with Crippen LogP contribution in [0.5, 0.6) is 0 Å². The summed E-state index contributed by atoms with van der Waals surface area (Å²) in [7, 11) is 3.95. The van der Waals surface area contributed by atoms with Crippen LogP contribution in [0.2, 0.25) is 0 Å². The third-order valence-electron chi connectivity index (χ3n) is 2.53. The van der Waals surface area contributed by atoms with Crippen molar-refractivity contribution in [1.29, 1.82) is 0 Å². The van der Waals surface area contributed by atoms with Crippen LogP contribution < -0.4 is 5.32 Å². The van der Waals surface area contributed by atoms with Crippen LogP contribution in [0.15, 0.2) is 0 Å². The van der Waals surface area contributed by atoms with Gasteiger partial charge in [0, 0.05) is 6.54 Å². The number of hydrogen-bond donors (Lipinski definition) is 2. The Balaban J connectivity index is 2.08. The standard InChI is InChI=1S/C10H18N2O3/c1-12(2)5-3-4-11-9(13)7-6-8(7)10(14)15/h7-8H,3-6H2,1-2H3,(H,11,13)(H,14,15)/t7-,8+/m1/s1. The average Bonchev–Trinajstić information content (AvgIpc) is 2.90. The Morgan fingerprint density at radius 3 is 2.53 bits per heavy atom. The van der Waals surface area contributed by atoms with Gasteiger partial charge in [0.25, 0.3) is 0 Å². The lowest BCUT2D eigenvalue weighted by Crippen LogP contribution is -2.29. The fraction of sp³-hybridized carbons (Fsp3) is 0.800. The first-order valence-corrected chi connectivity index (χ1v) is 5.17. The second-order valence-electron chi connectivity index (χ2n) is 4.23. The van der Waals surface area contributed by atoms with Gasteiger partial charge < -0.3 is 15.3 Å². The molecular weight excluding hydrogens is 196 g/mol. The summed E-state index contributed by atoms with van der Waals surface area (Å²) in [4.78, 5) is 23.9. The van der Waals surface area contributed by atoms with Crippen LogP contribution in [-0.2, 0) is 9.59 Å². The molecule has 1 fully saturated rings. The number of carbonyl (C=O) groups excluding carboxylic acids is 1. The summed E-state index contributed by atoms with van der Waals surface area (Å²) in [5, 5.41) is 11.4. The summed E-state index contributed by atoms with van der Waals surface area (Å²) in [5.74, 6) is -1.70. The lowest BCUT2D eigenvalue weighted by atomic mass is 10.3. The van der Waals surface area contributed by atoms with Gasteiger partial charge in [0.1, 0.15) is 0 Å². The van der Waals surface area contributed by atoms with Gasteiger partial charge in [-0.2, -0.15) is 0 Å². The maximum absolute atomic E-state index is 11.4. The van der Waals surface area contributed by atoms with Crippen molar-refractivity contribution < 1.29 is 14.7 Å². The van der Waals surface area contributed by atoms with Crippen molar-refractivity contribution in [2.75, 3.05) is 27.2 Å². The minimum Gasteiger partial charge on any atom is -0.481 e. The number of hydrogen-bond acceptors (Lipinski definition) is 3. The molecule has 1 rings (SSSR count). The second kappa shape index (κ2) is 5.11. The fourth-order valence-electron chi connectivity index (χ4n) is 1.50. The Morgan fingerprint density at radius 2 is 2.07 bits per heavy atom. The molecule has 0 bridgehead atoms. The number of nitrogens with zero attached hydrogens (tertiary/aromatic N) is 1. The molecule has 5 heteroatoms. The van der Waals surface area contributed by atoms with E-state index in [0.717, 1.165) is 13.0 Å². The summed E-state index contributed by atoms with van der Waals surface area (Å²) < 4.78 is 0. The molecule has 5 nitrogen and oxygen atoms in total. The number of carbonyl (C=O) groups is 2. The van der Waals surface area contributed by atoms with E-state index in [9.17, 15) is 9.59 Å². The molecule has 0 spiro atoms. The molecule has 0 radical (unpaired) electrons. The highest BCUT2D eigenvalue weighted by molar-refractivity contribution is 5.89. The number of carboxylic acids is 1. The molecule has 0 heterocycles. The number of aliphatic carboxylic acids is 1. The minimum atomic E-state index is -0.858. The Morgan fingerprint density at radius 1 is 1.40 bits per heavy atom. The Bertz CT molecular complexity index is 253. The predicted molar refractivity (Wildman–Crippen MR) is 55.4 cm³/mol. The molecule has 15 heavy (non-hydrogen) atoms. The smallest absolute Gasteiger partial charge is 0.307 e. The largest absolute Gasteiger partial charge is 0.481 e. The molecule has 0 aliphatic heterocycles. The first-order valence-electron chi connectivity index (χ1n) is 5.17. The van der Waals surface area contributed by atoms with Crippen molar-refractivity contribution in [3.05, 3.63) is 0 Å². The molecule has 86 valence electrons. The van der Waals surface area contributed by atoms with Gasteiger partial charge in [0.15, 0.2) is 0 Å². The van der Waals surface area contributed by atoms with Gasteiger partial charge >= 0.3 is 5.97 Å². The third kappa shape index (κ3) is 3.87. The number of rotatable bonds is 6. The van der Waals surface area contributed by atoms with E-state index in [2.05, 4.69) is 5.32 Å². The van der Waals surface area contributed by atoms with Crippen LogP contribution in [0.4, 0.5) is 0 Å². The average molecular weight is 214 g/mol. The van der Waals surface area contributed by atoms with E-state index in [0.29, 0.717) is 13.0 Å². The molecule has 0 aromatic carbocycles. The van der Waals surface area contributed by atoms with E-state index in [-0.39, 0.29) is 11.8 Å². The van der Waals surface area contributed by atoms with Crippen molar-refractivity contribution in [2.24, 2.45) is 11.8 Å². The summed E-state index contributed by atoms with van der Waals surface area (Å²) in [5.41, 5.74) is 0. The molecule has 0 aromatic rings. The van der Waals surface area contributed by atoms with Gasteiger partial charge in [-0.25, -0.2) is 0 Å². The van der Waals surface area contributed by atoms with Crippen molar-refractivity contribution in [3.8, 4) is 0 Å². The quantitative estimate of drug-likeness (QED) is 0.599. The van der Waals surface area contributed by atoms with E-state index in [1.807, 2.05) is 19.0 Å². The minimum absolute atomic E-state index is 0.110. The lowest BCUT2D eigenvalue weighted by Gasteiger charge is -2.09. The van der Waals surface area contributed by atoms with Gasteiger partial charge in [-0.3, -0.25) is 9.59 Å². The van der Waals surface area contributed by atoms with Crippen LogP contribution in [0.3, 0.4) is 0 Å². The van der Waals surface area contributed by atoms with Gasteiger partial charge in [0.05, 0.1) is 11.8 Å². The highest BCUT2D eigenvalue weighted by atomic mass is 16.4. The number of carboxylic acid groups (broad SMARTS) is 1. The van der Waals surface area contributed by atoms with Gasteiger partial charge in [-0.15, -0.1) is 0 Å². The molecular formula is C10H18N2O3. The van der Waals surface area contributed by atoms with Crippen LogP contribution in [-0.4, -0.2) is 49.1 Å². The van der Waals surface area contributed by atoms with Crippen LogP contribution in [0.25, 0.3) is 0 Å². The van der Waals surface area contributed by atoms with E-state index >= 15 is 0 Å². The highest BCUT2D eigenvalue weighted by Crippen LogP contribution is 2.38. The van der Waals surface area contributed by atoms with Gasteiger partial charge in [-0.1, -0.05) is 0 Å². The second-order valence-corrected chi connectivity index (χ2v) is 4.23. The Hall–Kier alpha value is -1.10. The zero-order chi connectivity index (χ0) is 11.4. The van der Waals surface area contributed by atoms with Crippen LogP contribution >= 0.6 is 0 Å². The molecule has 1 saturated carbocycles. The Labute approximate surface area is 89.4 Å². The van der Waals surface area contributed by atoms with Crippen molar-refractivity contribution in [3.63, 3.8) is 0 Å². The zero-order valence-corrected chi connectivity index (χ0v) is 9.19. The summed E-state index contributed by atoms with van der Waals surface area (Å²) in [6.07, 6.45) is 1.39. The zero-order valence-electron chi connectivity index (χ0n) is 9.19. The molecule has 2 N–H and O–H groups in total. The van der Waals surface area contributed by atoms with E-state index in [4.69, 9.17) is 5.11 Å². The summed E-state index contributed by atoms with van der Waals surface area (Å²) >= 11 is 0. The molecule has 1 aliphatic carbocycles. The molecule has 0 saturated heterocycles. The molecule has 0 aromatic heterocycles. The first-order chi connectivity index (χ1) is 7.02. The van der Waals surface area contributed by atoms with E-state index < -0.39 is 11.9 Å². The molecule has 1 amide bonds. The number of nitrogens with one attached hydrogen (secondary N) is 1. The molecule has 1 aliphatic rings. The maximum atomic E-state index is 11.4. The normalized spacial score (nSPS) is 23.9. The lowest BCUT2D eigenvalue weighted by molar-refractivity contribution is -0.140. The third-order valence-corrected chi connectivity index (χ3v) is 2.53. The topological polar surface area (TPSA) is 69.6 Å². The fourth-order valence-corrected chi connectivity index (χ4v) is 1.50. The van der Waals surface area contributed by atoms with Crippen molar-refractivity contribution >= 4 is 11.9 Å². The highest BCUT2D eigenvalue weighted by Gasteiger charge is 2.48. The van der Waals surface area contributed by atoms with Crippen molar-refractivity contribution in [1.82, 2.24) is 10.2 Å². The van der Waals surface area contributed by atoms with Crippen LogP contribution in [0, 0.1) is 11.8 Å². The van der Waals surface area contributed by atoms with E-state index in [1.165, 1.54) is 0 Å². The Kier molecular flexibility index (Phi) is 4.08. The predicted octanol–water partition coefficient (Wildman–Crippen LogP) is -0.225. The van der Waals surface area contributed by atoms with Gasteiger partial charge in [0.2, 0.25) is 5.91 Å².